The number of ether oxygens (including phenoxy) is 10. The third-order valence-corrected chi connectivity index (χ3v) is 5.27. The average molecular weight is 621 g/mol. The van der Waals surface area contributed by atoms with Gasteiger partial charge in [-0.05, 0) is 24.3 Å². The van der Waals surface area contributed by atoms with Gasteiger partial charge in [-0.15, -0.1) is 0 Å². The van der Waals surface area contributed by atoms with Gasteiger partial charge in [0, 0.05) is 0 Å². The van der Waals surface area contributed by atoms with Crippen LogP contribution >= 0.6 is 0 Å². The number of methoxy groups -OCH3 is 1. The molecule has 0 unspecified atom stereocenters. The van der Waals surface area contributed by atoms with Crippen molar-refractivity contribution in [2.45, 2.75) is 30.7 Å². The van der Waals surface area contributed by atoms with Crippen molar-refractivity contribution in [3.63, 3.8) is 0 Å². The van der Waals surface area contributed by atoms with Crippen molar-refractivity contribution < 1.29 is 71.3 Å². The lowest BCUT2D eigenvalue weighted by molar-refractivity contribution is -0.283. The summed E-state index contributed by atoms with van der Waals surface area (Å²) in [6.45, 7) is 12.5. The van der Waals surface area contributed by atoms with Gasteiger partial charge in [0.2, 0.25) is 12.4 Å². The Bertz CT molecular complexity index is 1190. The second-order valence-corrected chi connectivity index (χ2v) is 8.27. The van der Waals surface area contributed by atoms with Crippen molar-refractivity contribution >= 4 is 30.4 Å². The van der Waals surface area contributed by atoms with Crippen molar-refractivity contribution in [3.05, 3.63) is 80.4 Å². The van der Waals surface area contributed by atoms with Crippen LogP contribution in [0.1, 0.15) is 10.4 Å². The van der Waals surface area contributed by atoms with Gasteiger partial charge in [-0.2, -0.15) is 0 Å². The summed E-state index contributed by atoms with van der Waals surface area (Å²) in [6.07, 6.45) is -8.91. The minimum Gasteiger partial charge on any atom is -0.497 e. The van der Waals surface area contributed by atoms with Gasteiger partial charge in [0.15, 0.2) is 18.3 Å². The molecule has 1 heterocycles. The van der Waals surface area contributed by atoms with E-state index < -0.39 is 61.1 Å². The minimum absolute atomic E-state index is 0.0117. The molecule has 0 amide bonds. The number of esters is 2. The van der Waals surface area contributed by atoms with Crippen LogP contribution in [0.3, 0.4) is 0 Å². The van der Waals surface area contributed by atoms with Crippen LogP contribution in [0.5, 0.6) is 5.75 Å². The van der Waals surface area contributed by atoms with E-state index in [0.717, 1.165) is 0 Å². The Hall–Kier alpha value is -5.31. The zero-order valence-electron chi connectivity index (χ0n) is 23.8. The molecule has 0 saturated carbocycles. The molecule has 0 spiro atoms. The first-order valence-electron chi connectivity index (χ1n) is 12.8. The van der Waals surface area contributed by atoms with Crippen molar-refractivity contribution in [2.24, 2.45) is 0 Å². The van der Waals surface area contributed by atoms with E-state index in [1.165, 1.54) is 55.7 Å². The molecule has 5 atom stereocenters. The first-order chi connectivity index (χ1) is 21.2. The Labute approximate surface area is 252 Å². The van der Waals surface area contributed by atoms with E-state index in [-0.39, 0.29) is 32.0 Å². The van der Waals surface area contributed by atoms with Crippen molar-refractivity contribution in [1.29, 1.82) is 0 Å². The zero-order chi connectivity index (χ0) is 32.5. The molecular formula is C29H32O15. The van der Waals surface area contributed by atoms with Crippen LogP contribution in [0.15, 0.2) is 74.9 Å². The molecule has 15 nitrogen and oxygen atoms in total. The standard InChI is InChI=1S/C29H32O15/c1-6-14-36-25(31)22-20(41-27(32)37-15-7-2)21(42-28(33)38-16-8-3)23(43-29(34)39-17-9-4)26(40-22)44-24(30)18-10-12-19(35-5)13-11-18/h6-13,20-23,26H,1-4,14-17H2,5H3/t20-,21-,22-,23+,26-/m0/s1. The molecule has 0 N–H and O–H groups in total. The SMILES string of the molecule is C=CCOC(=O)O[C@@H]1[C@@H](OC(=O)OCC=C)[C@H](OC(=O)c2ccc(OC)cc2)O[C@H](C(=O)OCC=C)[C@H]1OC(=O)OCC=C. The highest BCUT2D eigenvalue weighted by Gasteiger charge is 2.57. The summed E-state index contributed by atoms with van der Waals surface area (Å²) in [7, 11) is 1.42. The molecule has 1 aromatic rings. The second-order valence-electron chi connectivity index (χ2n) is 8.27. The maximum Gasteiger partial charge on any atom is 0.509 e. The molecule has 1 aliphatic heterocycles. The maximum absolute atomic E-state index is 13.1. The predicted molar refractivity (Wildman–Crippen MR) is 147 cm³/mol. The molecule has 1 fully saturated rings. The first-order valence-corrected chi connectivity index (χ1v) is 12.8. The Morgan fingerprint density at radius 3 is 1.59 bits per heavy atom. The summed E-state index contributed by atoms with van der Waals surface area (Å²) < 4.78 is 51.7. The second kappa shape index (κ2) is 18.3. The van der Waals surface area contributed by atoms with E-state index >= 15 is 0 Å². The van der Waals surface area contributed by atoms with Crippen LogP contribution in [0.2, 0.25) is 0 Å². The van der Waals surface area contributed by atoms with Crippen LogP contribution in [0.4, 0.5) is 14.4 Å². The van der Waals surface area contributed by atoms with E-state index in [1.54, 1.807) is 0 Å². The molecular weight excluding hydrogens is 588 g/mol. The lowest BCUT2D eigenvalue weighted by Crippen LogP contribution is -2.64. The highest BCUT2D eigenvalue weighted by Crippen LogP contribution is 2.31. The van der Waals surface area contributed by atoms with Gasteiger partial charge in [0.1, 0.15) is 32.2 Å². The van der Waals surface area contributed by atoms with E-state index in [2.05, 4.69) is 26.3 Å². The van der Waals surface area contributed by atoms with Crippen molar-refractivity contribution in [1.82, 2.24) is 0 Å². The Kier molecular flexibility index (Phi) is 14.5. The fourth-order valence-electron chi connectivity index (χ4n) is 3.42. The number of carbonyl (C=O) groups is 5. The van der Waals surface area contributed by atoms with E-state index in [9.17, 15) is 24.0 Å². The quantitative estimate of drug-likeness (QED) is 0.158. The number of rotatable bonds is 15. The molecule has 0 aromatic heterocycles. The summed E-state index contributed by atoms with van der Waals surface area (Å²) in [5.74, 6) is -1.76. The fraction of sp³-hybridized carbons (Fsp3) is 0.345. The normalized spacial score (nSPS) is 20.3. The van der Waals surface area contributed by atoms with Gasteiger partial charge in [-0.1, -0.05) is 50.6 Å². The van der Waals surface area contributed by atoms with Gasteiger partial charge in [-0.3, -0.25) is 0 Å². The summed E-state index contributed by atoms with van der Waals surface area (Å²) in [5.41, 5.74) is -0.0117. The van der Waals surface area contributed by atoms with E-state index in [4.69, 9.17) is 47.4 Å². The van der Waals surface area contributed by atoms with E-state index in [1.807, 2.05) is 0 Å². The summed E-state index contributed by atoms with van der Waals surface area (Å²) >= 11 is 0. The topological polar surface area (TPSA) is 178 Å². The molecule has 2 rings (SSSR count). The smallest absolute Gasteiger partial charge is 0.497 e. The molecule has 15 heteroatoms. The molecule has 0 radical (unpaired) electrons. The highest BCUT2D eigenvalue weighted by atomic mass is 16.8. The molecule has 1 saturated heterocycles. The fourth-order valence-corrected chi connectivity index (χ4v) is 3.42. The number of carbonyl (C=O) groups excluding carboxylic acids is 5. The minimum atomic E-state index is -1.98. The number of hydrogen-bond acceptors (Lipinski definition) is 15. The highest BCUT2D eigenvalue weighted by molar-refractivity contribution is 5.89. The molecule has 44 heavy (non-hydrogen) atoms. The van der Waals surface area contributed by atoms with Crippen LogP contribution in [0.25, 0.3) is 0 Å². The lowest BCUT2D eigenvalue weighted by Gasteiger charge is -2.42. The van der Waals surface area contributed by atoms with Crippen LogP contribution in [0, 0.1) is 0 Å². The third-order valence-electron chi connectivity index (χ3n) is 5.27. The Morgan fingerprint density at radius 2 is 1.11 bits per heavy atom. The summed E-state index contributed by atoms with van der Waals surface area (Å²) in [6, 6.07) is 5.65. The van der Waals surface area contributed by atoms with Gasteiger partial charge in [-0.25, -0.2) is 24.0 Å². The largest absolute Gasteiger partial charge is 0.509 e. The van der Waals surface area contributed by atoms with Crippen molar-refractivity contribution in [3.8, 4) is 5.75 Å². The first kappa shape index (κ1) is 34.9. The molecule has 0 bridgehead atoms. The van der Waals surface area contributed by atoms with Gasteiger partial charge < -0.3 is 47.4 Å². The third kappa shape index (κ3) is 10.5. The lowest BCUT2D eigenvalue weighted by atomic mass is 9.98. The average Bonchev–Trinajstić information content (AvgIpc) is 3.02. The molecule has 1 aromatic carbocycles. The van der Waals surface area contributed by atoms with Gasteiger partial charge >= 0.3 is 30.4 Å². The van der Waals surface area contributed by atoms with Gasteiger partial charge in [0.25, 0.3) is 0 Å². The number of hydrogen-bond donors (Lipinski definition) is 0. The zero-order valence-corrected chi connectivity index (χ0v) is 23.8. The number of benzene rings is 1. The monoisotopic (exact) mass is 620 g/mol. The van der Waals surface area contributed by atoms with Crippen molar-refractivity contribution in [2.75, 3.05) is 33.5 Å². The Morgan fingerprint density at radius 1 is 0.659 bits per heavy atom. The van der Waals surface area contributed by atoms with Crippen LogP contribution in [-0.4, -0.2) is 94.6 Å². The summed E-state index contributed by atoms with van der Waals surface area (Å²) in [5, 5.41) is 0. The van der Waals surface area contributed by atoms with Crippen LogP contribution in [-0.2, 0) is 47.4 Å². The summed E-state index contributed by atoms with van der Waals surface area (Å²) in [4.78, 5) is 63.8. The molecule has 0 aliphatic carbocycles. The van der Waals surface area contributed by atoms with E-state index in [0.29, 0.717) is 5.75 Å². The van der Waals surface area contributed by atoms with Gasteiger partial charge in [0.05, 0.1) is 12.7 Å². The van der Waals surface area contributed by atoms with Crippen LogP contribution < -0.4 is 4.74 Å². The predicted octanol–water partition coefficient (Wildman–Crippen LogP) is 3.43. The molecule has 238 valence electrons. The molecule has 1 aliphatic rings. The maximum atomic E-state index is 13.1. The Balaban J connectivity index is 2.59.